The molecular formula is C14H19ClN2O3. The van der Waals surface area contributed by atoms with Crippen molar-refractivity contribution < 1.29 is 14.6 Å². The van der Waals surface area contributed by atoms with E-state index in [0.717, 1.165) is 19.3 Å². The molecule has 0 radical (unpaired) electrons. The van der Waals surface area contributed by atoms with Crippen LogP contribution >= 0.6 is 11.6 Å². The zero-order valence-corrected chi connectivity index (χ0v) is 12.1. The van der Waals surface area contributed by atoms with Gasteiger partial charge in [-0.15, -0.1) is 0 Å². The molecule has 0 heterocycles. The average molecular weight is 299 g/mol. The fourth-order valence-electron chi connectivity index (χ4n) is 2.42. The van der Waals surface area contributed by atoms with Gasteiger partial charge in [0.15, 0.2) is 0 Å². The number of anilines is 1. The number of carbonyl (C=O) groups excluding carboxylic acids is 1. The molecule has 0 aliphatic heterocycles. The number of ether oxygens (including phenoxy) is 1. The van der Waals surface area contributed by atoms with E-state index >= 15 is 0 Å². The zero-order chi connectivity index (χ0) is 14.5. The van der Waals surface area contributed by atoms with Gasteiger partial charge in [-0.1, -0.05) is 11.6 Å². The highest BCUT2D eigenvalue weighted by atomic mass is 35.5. The van der Waals surface area contributed by atoms with Gasteiger partial charge in [0.1, 0.15) is 5.75 Å². The van der Waals surface area contributed by atoms with Crippen molar-refractivity contribution in [3.8, 4) is 5.75 Å². The number of benzene rings is 1. The van der Waals surface area contributed by atoms with E-state index in [1.165, 1.54) is 7.11 Å². The Morgan fingerprint density at radius 2 is 2.25 bits per heavy atom. The molecule has 1 fully saturated rings. The van der Waals surface area contributed by atoms with Gasteiger partial charge in [0.2, 0.25) is 0 Å². The molecule has 1 aliphatic carbocycles. The summed E-state index contributed by atoms with van der Waals surface area (Å²) in [6.07, 6.45) is 2.89. The van der Waals surface area contributed by atoms with Gasteiger partial charge in [0.25, 0.3) is 0 Å². The minimum Gasteiger partial charge on any atom is -0.495 e. The molecule has 2 amide bonds. The molecular weight excluding hydrogens is 280 g/mol. The van der Waals surface area contributed by atoms with Gasteiger partial charge in [0.05, 0.1) is 18.9 Å². The molecule has 20 heavy (non-hydrogen) atoms. The van der Waals surface area contributed by atoms with Crippen molar-refractivity contribution >= 4 is 23.3 Å². The van der Waals surface area contributed by atoms with Crippen molar-refractivity contribution in [1.82, 2.24) is 5.32 Å². The van der Waals surface area contributed by atoms with E-state index in [1.807, 2.05) is 0 Å². The van der Waals surface area contributed by atoms with Crippen molar-refractivity contribution in [3.05, 3.63) is 23.2 Å². The predicted molar refractivity (Wildman–Crippen MR) is 78.4 cm³/mol. The van der Waals surface area contributed by atoms with Gasteiger partial charge in [-0.3, -0.25) is 0 Å². The Bertz CT molecular complexity index is 481. The fourth-order valence-corrected chi connectivity index (χ4v) is 2.59. The Balaban J connectivity index is 1.95. The van der Waals surface area contributed by atoms with Crippen LogP contribution in [0.3, 0.4) is 0 Å². The third-order valence-corrected chi connectivity index (χ3v) is 3.63. The van der Waals surface area contributed by atoms with Crippen LogP contribution in [0.5, 0.6) is 5.75 Å². The van der Waals surface area contributed by atoms with E-state index in [-0.39, 0.29) is 18.2 Å². The fraction of sp³-hybridized carbons (Fsp3) is 0.500. The molecule has 0 bridgehead atoms. The van der Waals surface area contributed by atoms with Gasteiger partial charge < -0.3 is 20.5 Å². The lowest BCUT2D eigenvalue weighted by Crippen LogP contribution is -2.41. The maximum absolute atomic E-state index is 12.0. The summed E-state index contributed by atoms with van der Waals surface area (Å²) in [5, 5.41) is 15.7. The van der Waals surface area contributed by atoms with Crippen LogP contribution in [0.4, 0.5) is 10.5 Å². The Morgan fingerprint density at radius 1 is 1.45 bits per heavy atom. The van der Waals surface area contributed by atoms with Gasteiger partial charge >= 0.3 is 6.03 Å². The average Bonchev–Trinajstić information content (AvgIpc) is 2.38. The molecule has 1 aromatic rings. The third kappa shape index (κ3) is 4.02. The molecule has 6 heteroatoms. The Kier molecular flexibility index (Phi) is 5.09. The number of hydrogen-bond acceptors (Lipinski definition) is 3. The van der Waals surface area contributed by atoms with Crippen molar-refractivity contribution in [2.24, 2.45) is 0 Å². The number of rotatable bonds is 3. The summed E-state index contributed by atoms with van der Waals surface area (Å²) in [5.41, 5.74) is 0.522. The summed E-state index contributed by atoms with van der Waals surface area (Å²) in [6.45, 7) is 0. The number of aliphatic hydroxyl groups excluding tert-OH is 1. The standard InChI is InChI=1S/C14H19ClN2O3/c1-20-13-6-5-9(15)7-12(13)17-14(19)16-10-3-2-4-11(18)8-10/h5-7,10-11,18H,2-4,8H2,1H3,(H2,16,17,19)/t10-,11-/m0/s1. The third-order valence-electron chi connectivity index (χ3n) is 3.39. The molecule has 1 aliphatic rings. The Hall–Kier alpha value is -1.46. The second kappa shape index (κ2) is 6.81. The first-order chi connectivity index (χ1) is 9.58. The lowest BCUT2D eigenvalue weighted by Gasteiger charge is -2.26. The summed E-state index contributed by atoms with van der Waals surface area (Å²) in [6, 6.07) is 4.72. The monoisotopic (exact) mass is 298 g/mol. The molecule has 0 aromatic heterocycles. The summed E-state index contributed by atoms with van der Waals surface area (Å²) in [7, 11) is 1.53. The van der Waals surface area contributed by atoms with E-state index in [4.69, 9.17) is 16.3 Å². The topological polar surface area (TPSA) is 70.6 Å². The zero-order valence-electron chi connectivity index (χ0n) is 11.4. The highest BCUT2D eigenvalue weighted by molar-refractivity contribution is 6.31. The van der Waals surface area contributed by atoms with Gasteiger partial charge in [-0.2, -0.15) is 0 Å². The molecule has 2 atom stereocenters. The number of methoxy groups -OCH3 is 1. The Morgan fingerprint density at radius 3 is 2.95 bits per heavy atom. The van der Waals surface area contributed by atoms with Crippen LogP contribution < -0.4 is 15.4 Å². The highest BCUT2D eigenvalue weighted by Gasteiger charge is 2.21. The van der Waals surface area contributed by atoms with Crippen LogP contribution in [0.15, 0.2) is 18.2 Å². The Labute approximate surface area is 123 Å². The van der Waals surface area contributed by atoms with Crippen LogP contribution in [0.25, 0.3) is 0 Å². The van der Waals surface area contributed by atoms with Crippen molar-refractivity contribution in [3.63, 3.8) is 0 Å². The van der Waals surface area contributed by atoms with E-state index in [1.54, 1.807) is 18.2 Å². The van der Waals surface area contributed by atoms with Crippen LogP contribution in [0, 0.1) is 0 Å². The minimum absolute atomic E-state index is 0.00364. The molecule has 2 rings (SSSR count). The van der Waals surface area contributed by atoms with E-state index in [2.05, 4.69) is 10.6 Å². The summed E-state index contributed by atoms with van der Waals surface area (Å²) < 4.78 is 5.17. The molecule has 0 spiro atoms. The lowest BCUT2D eigenvalue weighted by atomic mass is 9.93. The van der Waals surface area contributed by atoms with Crippen LogP contribution in [-0.2, 0) is 0 Å². The first-order valence-corrected chi connectivity index (χ1v) is 7.05. The van der Waals surface area contributed by atoms with Crippen LogP contribution in [-0.4, -0.2) is 30.4 Å². The van der Waals surface area contributed by atoms with E-state index in [9.17, 15) is 9.90 Å². The normalized spacial score (nSPS) is 22.1. The smallest absolute Gasteiger partial charge is 0.319 e. The summed E-state index contributed by atoms with van der Waals surface area (Å²) in [4.78, 5) is 12.0. The first-order valence-electron chi connectivity index (χ1n) is 6.67. The molecule has 0 saturated heterocycles. The number of halogens is 1. The lowest BCUT2D eigenvalue weighted by molar-refractivity contribution is 0.114. The number of hydrogen-bond donors (Lipinski definition) is 3. The van der Waals surface area contributed by atoms with Crippen molar-refractivity contribution in [1.29, 1.82) is 0 Å². The molecule has 5 nitrogen and oxygen atoms in total. The summed E-state index contributed by atoms with van der Waals surface area (Å²) in [5.74, 6) is 0.549. The second-order valence-electron chi connectivity index (χ2n) is 4.96. The van der Waals surface area contributed by atoms with Gasteiger partial charge in [-0.05, 0) is 43.9 Å². The van der Waals surface area contributed by atoms with Crippen molar-refractivity contribution in [2.75, 3.05) is 12.4 Å². The number of amides is 2. The van der Waals surface area contributed by atoms with E-state index < -0.39 is 0 Å². The molecule has 1 aromatic carbocycles. The minimum atomic E-state index is -0.324. The molecule has 3 N–H and O–H groups in total. The first kappa shape index (κ1) is 14.9. The quantitative estimate of drug-likeness (QED) is 0.803. The molecule has 1 saturated carbocycles. The SMILES string of the molecule is COc1ccc(Cl)cc1NC(=O)N[C@H]1CCC[C@H](O)C1. The molecule has 0 unspecified atom stereocenters. The predicted octanol–water partition coefficient (Wildman–Crippen LogP) is 2.77. The van der Waals surface area contributed by atoms with Crippen molar-refractivity contribution in [2.45, 2.75) is 37.8 Å². The number of urea groups is 1. The maximum Gasteiger partial charge on any atom is 0.319 e. The van der Waals surface area contributed by atoms with Gasteiger partial charge in [0, 0.05) is 11.1 Å². The number of nitrogens with one attached hydrogen (secondary N) is 2. The van der Waals surface area contributed by atoms with Gasteiger partial charge in [-0.25, -0.2) is 4.79 Å². The van der Waals surface area contributed by atoms with Crippen LogP contribution in [0.1, 0.15) is 25.7 Å². The second-order valence-corrected chi connectivity index (χ2v) is 5.40. The maximum atomic E-state index is 12.0. The largest absolute Gasteiger partial charge is 0.495 e. The highest BCUT2D eigenvalue weighted by Crippen LogP contribution is 2.27. The van der Waals surface area contributed by atoms with Crippen LogP contribution in [0.2, 0.25) is 5.02 Å². The summed E-state index contributed by atoms with van der Waals surface area (Å²) >= 11 is 5.91. The number of carbonyl (C=O) groups is 1. The van der Waals surface area contributed by atoms with E-state index in [0.29, 0.717) is 22.9 Å². The number of aliphatic hydroxyl groups is 1. The molecule has 110 valence electrons.